The van der Waals surface area contributed by atoms with E-state index in [1.165, 1.54) is 27.4 Å². The van der Waals surface area contributed by atoms with Crippen LogP contribution in [-0.2, 0) is 19.6 Å². The van der Waals surface area contributed by atoms with Crippen LogP contribution in [0.2, 0.25) is 0 Å². The number of sulfonamides is 1. The summed E-state index contributed by atoms with van der Waals surface area (Å²) in [7, 11) is -3.63. The van der Waals surface area contributed by atoms with E-state index in [1.54, 1.807) is 6.07 Å². The molecule has 0 unspecified atom stereocenters. The first-order valence-corrected chi connectivity index (χ1v) is 14.1. The molecule has 3 aliphatic rings. The quantitative estimate of drug-likeness (QED) is 0.623. The van der Waals surface area contributed by atoms with E-state index in [0.717, 1.165) is 44.0 Å². The van der Waals surface area contributed by atoms with Gasteiger partial charge in [0.1, 0.15) is 17.9 Å². The van der Waals surface area contributed by atoms with Crippen molar-refractivity contribution in [2.24, 2.45) is 0 Å². The number of halogens is 1. The molecule has 7 nitrogen and oxygen atoms in total. The minimum absolute atomic E-state index is 0.0471. The maximum Gasteiger partial charge on any atom is 0.255 e. The van der Waals surface area contributed by atoms with Crippen molar-refractivity contribution in [3.63, 3.8) is 0 Å². The van der Waals surface area contributed by atoms with Crippen molar-refractivity contribution in [2.75, 3.05) is 22.6 Å². The highest BCUT2D eigenvalue weighted by Crippen LogP contribution is 2.45. The number of nitrogens with zero attached hydrogens (tertiary/aromatic N) is 3. The fraction of sp³-hybridized carbons (Fsp3) is 0.462. The van der Waals surface area contributed by atoms with Gasteiger partial charge >= 0.3 is 0 Å². The molecule has 0 N–H and O–H groups in total. The van der Waals surface area contributed by atoms with E-state index in [-0.39, 0.29) is 24.2 Å². The number of rotatable bonds is 5. The van der Waals surface area contributed by atoms with Crippen LogP contribution < -0.4 is 9.80 Å². The van der Waals surface area contributed by atoms with Crippen molar-refractivity contribution in [3.8, 4) is 0 Å². The average Bonchev–Trinajstić information content (AvgIpc) is 3.44. The Labute approximate surface area is 205 Å². The number of para-hydroxylation sites is 1. The summed E-state index contributed by atoms with van der Waals surface area (Å²) in [6.45, 7) is 0.246. The Balaban J connectivity index is 1.61. The zero-order chi connectivity index (χ0) is 24.7. The highest BCUT2D eigenvalue weighted by Gasteiger charge is 2.48. The number of benzene rings is 2. The number of fused-ring (bicyclic) bond motifs is 1. The van der Waals surface area contributed by atoms with Crippen LogP contribution in [0.25, 0.3) is 0 Å². The van der Waals surface area contributed by atoms with Crippen LogP contribution in [0.3, 0.4) is 0 Å². The van der Waals surface area contributed by atoms with Crippen molar-refractivity contribution < 1.29 is 22.4 Å². The summed E-state index contributed by atoms with van der Waals surface area (Å²) in [6.07, 6.45) is 7.00. The van der Waals surface area contributed by atoms with E-state index in [1.807, 2.05) is 29.2 Å². The minimum Gasteiger partial charge on any atom is -0.307 e. The fourth-order valence-electron chi connectivity index (χ4n) is 5.86. The van der Waals surface area contributed by atoms with Gasteiger partial charge in [-0.15, -0.1) is 0 Å². The van der Waals surface area contributed by atoms with Gasteiger partial charge in [0.2, 0.25) is 15.9 Å². The monoisotopic (exact) mass is 499 g/mol. The molecule has 2 amide bonds. The van der Waals surface area contributed by atoms with Gasteiger partial charge in [-0.25, -0.2) is 12.8 Å². The molecule has 2 aromatic rings. The summed E-state index contributed by atoms with van der Waals surface area (Å²) < 4.78 is 40.4. The molecule has 0 spiro atoms. The van der Waals surface area contributed by atoms with E-state index in [2.05, 4.69) is 0 Å². The van der Waals surface area contributed by atoms with Gasteiger partial charge in [0, 0.05) is 29.5 Å². The Kier molecular flexibility index (Phi) is 6.40. The third-order valence-electron chi connectivity index (χ3n) is 7.40. The van der Waals surface area contributed by atoms with E-state index >= 15 is 0 Å². The highest BCUT2D eigenvalue weighted by molar-refractivity contribution is 7.88. The van der Waals surface area contributed by atoms with Gasteiger partial charge in [0.25, 0.3) is 5.91 Å². The maximum absolute atomic E-state index is 14.3. The number of amides is 2. The molecule has 2 aliphatic heterocycles. The Morgan fingerprint density at radius 1 is 1.00 bits per heavy atom. The molecule has 35 heavy (non-hydrogen) atoms. The second kappa shape index (κ2) is 9.35. The molecule has 0 bridgehead atoms. The van der Waals surface area contributed by atoms with Gasteiger partial charge in [-0.2, -0.15) is 4.31 Å². The molecule has 2 fully saturated rings. The van der Waals surface area contributed by atoms with Gasteiger partial charge in [-0.05, 0) is 49.9 Å². The third kappa shape index (κ3) is 4.36. The van der Waals surface area contributed by atoms with Gasteiger partial charge in [-0.3, -0.25) is 14.5 Å². The molecule has 186 valence electrons. The summed E-state index contributed by atoms with van der Waals surface area (Å²) in [5, 5.41) is 0. The van der Waals surface area contributed by atoms with Crippen molar-refractivity contribution >= 4 is 33.2 Å². The van der Waals surface area contributed by atoms with Gasteiger partial charge in [0.05, 0.1) is 6.26 Å². The lowest BCUT2D eigenvalue weighted by molar-refractivity contribution is -0.126. The maximum atomic E-state index is 14.3. The predicted octanol–water partition coefficient (Wildman–Crippen LogP) is 4.00. The number of hydrogen-bond acceptors (Lipinski definition) is 4. The van der Waals surface area contributed by atoms with Crippen molar-refractivity contribution in [3.05, 3.63) is 59.9 Å². The molecule has 1 aliphatic carbocycles. The number of hydrogen-bond donors (Lipinski definition) is 0. The molecule has 5 rings (SSSR count). The molecule has 1 saturated carbocycles. The molecule has 1 saturated heterocycles. The molecule has 0 radical (unpaired) electrons. The standard InChI is InChI=1S/C26H30FN3O4S/c1-35(33,34)28-16-8-15-23(28)25(31)30(20-12-7-9-18(27)17-20)24-21-13-5-6-14-22(21)29(26(24)32)19-10-3-2-4-11-19/h5-7,9,12-14,17,19,23-24H,2-4,8,10-11,15-16H2,1H3/t23-,24-/m0/s1. The summed E-state index contributed by atoms with van der Waals surface area (Å²) in [5.74, 6) is -1.26. The van der Waals surface area contributed by atoms with E-state index in [4.69, 9.17) is 0 Å². The second-order valence-electron chi connectivity index (χ2n) is 9.68. The summed E-state index contributed by atoms with van der Waals surface area (Å²) in [6, 6.07) is 11.2. The van der Waals surface area contributed by atoms with E-state index in [9.17, 15) is 22.4 Å². The Bertz CT molecular complexity index is 1240. The van der Waals surface area contributed by atoms with Crippen LogP contribution in [0.15, 0.2) is 48.5 Å². The van der Waals surface area contributed by atoms with Crippen LogP contribution in [0.5, 0.6) is 0 Å². The summed E-state index contributed by atoms with van der Waals surface area (Å²) in [4.78, 5) is 31.3. The van der Waals surface area contributed by atoms with Crippen LogP contribution in [0.4, 0.5) is 15.8 Å². The predicted molar refractivity (Wildman–Crippen MR) is 132 cm³/mol. The van der Waals surface area contributed by atoms with Crippen LogP contribution in [0, 0.1) is 5.82 Å². The van der Waals surface area contributed by atoms with Gasteiger partial charge < -0.3 is 4.90 Å². The highest BCUT2D eigenvalue weighted by atomic mass is 32.2. The lowest BCUT2D eigenvalue weighted by Gasteiger charge is -2.35. The Morgan fingerprint density at radius 3 is 2.46 bits per heavy atom. The smallest absolute Gasteiger partial charge is 0.255 e. The molecule has 2 atom stereocenters. The van der Waals surface area contributed by atoms with Crippen molar-refractivity contribution in [1.82, 2.24) is 4.31 Å². The molecule has 2 aromatic carbocycles. The van der Waals surface area contributed by atoms with Crippen LogP contribution in [0.1, 0.15) is 56.6 Å². The lowest BCUT2D eigenvalue weighted by atomic mass is 9.94. The van der Waals surface area contributed by atoms with Crippen LogP contribution in [-0.4, -0.2) is 49.4 Å². The Hall–Kier alpha value is -2.78. The third-order valence-corrected chi connectivity index (χ3v) is 8.69. The number of carbonyl (C=O) groups excluding carboxylic acids is 2. The molecular weight excluding hydrogens is 469 g/mol. The fourth-order valence-corrected chi connectivity index (χ4v) is 6.98. The minimum atomic E-state index is -3.63. The first kappa shape index (κ1) is 23.9. The molecule has 9 heteroatoms. The molecule has 2 heterocycles. The normalized spacial score (nSPS) is 23.5. The van der Waals surface area contributed by atoms with Gasteiger partial charge in [-0.1, -0.05) is 43.5 Å². The SMILES string of the molecule is CS(=O)(=O)N1CCC[C@H]1C(=O)N(c1cccc(F)c1)[C@@H]1C(=O)N(C2CCCCC2)c2ccccc21. The zero-order valence-corrected chi connectivity index (χ0v) is 20.6. The zero-order valence-electron chi connectivity index (χ0n) is 19.8. The average molecular weight is 500 g/mol. The van der Waals surface area contributed by atoms with Crippen LogP contribution >= 0.6 is 0 Å². The topological polar surface area (TPSA) is 78.0 Å². The lowest BCUT2D eigenvalue weighted by Crippen LogP contribution is -2.51. The van der Waals surface area contributed by atoms with Crippen molar-refractivity contribution in [1.29, 1.82) is 0 Å². The number of anilines is 2. The first-order chi connectivity index (χ1) is 16.8. The van der Waals surface area contributed by atoms with E-state index in [0.29, 0.717) is 18.4 Å². The van der Waals surface area contributed by atoms with Gasteiger partial charge in [0.15, 0.2) is 0 Å². The number of carbonyl (C=O) groups is 2. The molecule has 0 aromatic heterocycles. The summed E-state index contributed by atoms with van der Waals surface area (Å²) >= 11 is 0. The first-order valence-electron chi connectivity index (χ1n) is 12.2. The molecular formula is C26H30FN3O4S. The Morgan fingerprint density at radius 2 is 1.74 bits per heavy atom. The van der Waals surface area contributed by atoms with E-state index < -0.39 is 33.8 Å². The summed E-state index contributed by atoms with van der Waals surface area (Å²) in [5.41, 5.74) is 1.70. The second-order valence-corrected chi connectivity index (χ2v) is 11.6. The van der Waals surface area contributed by atoms with Crippen molar-refractivity contribution in [2.45, 2.75) is 63.1 Å². The largest absolute Gasteiger partial charge is 0.307 e.